The fraction of sp³-hybridized carbons (Fsp3) is 0.316. The van der Waals surface area contributed by atoms with Gasteiger partial charge in [0, 0.05) is 30.5 Å². The number of imidazole rings is 1. The van der Waals surface area contributed by atoms with Crippen LogP contribution >= 0.6 is 0 Å². The molecule has 0 spiro atoms. The van der Waals surface area contributed by atoms with Gasteiger partial charge in [0.05, 0.1) is 0 Å². The van der Waals surface area contributed by atoms with Gasteiger partial charge >= 0.3 is 0 Å². The van der Waals surface area contributed by atoms with Crippen LogP contribution < -0.4 is 5.32 Å². The molecule has 0 aliphatic carbocycles. The number of rotatable bonds is 7. The molecule has 6 nitrogen and oxygen atoms in total. The Hall–Kier alpha value is -2.73. The van der Waals surface area contributed by atoms with Crippen molar-refractivity contribution >= 4 is 17.1 Å². The van der Waals surface area contributed by atoms with Gasteiger partial charge in [-0.25, -0.2) is 9.97 Å². The number of fused-ring (bicyclic) bond motifs is 1. The molecule has 0 aliphatic rings. The van der Waals surface area contributed by atoms with Crippen molar-refractivity contribution < 1.29 is 4.79 Å². The van der Waals surface area contributed by atoms with E-state index in [1.54, 1.807) is 12.5 Å². The Bertz CT molecular complexity index is 836. The van der Waals surface area contributed by atoms with Crippen LogP contribution in [0.5, 0.6) is 0 Å². The number of hydrogen-bond acceptors (Lipinski definition) is 4. The lowest BCUT2D eigenvalue weighted by atomic mass is 10.2. The second kappa shape index (κ2) is 7.90. The van der Waals surface area contributed by atoms with Gasteiger partial charge < -0.3 is 10.2 Å². The van der Waals surface area contributed by atoms with E-state index in [1.165, 1.54) is 0 Å². The van der Waals surface area contributed by atoms with Crippen LogP contribution in [0, 0.1) is 0 Å². The van der Waals surface area contributed by atoms with Gasteiger partial charge in [0.1, 0.15) is 11.8 Å². The number of amides is 1. The Kier molecular flexibility index (Phi) is 5.40. The summed E-state index contributed by atoms with van der Waals surface area (Å²) in [5.41, 5.74) is 3.24. The molecule has 1 N–H and O–H groups in total. The van der Waals surface area contributed by atoms with E-state index in [4.69, 9.17) is 0 Å². The molecule has 0 radical (unpaired) electrons. The third-order valence-corrected chi connectivity index (χ3v) is 4.32. The Balaban J connectivity index is 1.67. The Morgan fingerprint density at radius 2 is 1.88 bits per heavy atom. The maximum atomic E-state index is 12.3. The molecule has 0 saturated carbocycles. The summed E-state index contributed by atoms with van der Waals surface area (Å²) in [6.07, 6.45) is 3.50. The number of carbonyl (C=O) groups excluding carboxylic acids is 1. The highest BCUT2D eigenvalue weighted by Crippen LogP contribution is 2.16. The van der Waals surface area contributed by atoms with Gasteiger partial charge in [0.15, 0.2) is 5.65 Å². The molecule has 0 bridgehead atoms. The standard InChI is InChI=1S/C19H23N5O/c1-3-23(4-2)13-12-21-19(25)15-7-9-16(10-8-15)24-14-22-17-6-5-11-20-18(17)24/h5-11,14H,3-4,12-13H2,1-2H3,(H,21,25). The van der Waals surface area contributed by atoms with Gasteiger partial charge in [0.25, 0.3) is 5.91 Å². The predicted molar refractivity (Wildman–Crippen MR) is 99.0 cm³/mol. The zero-order valence-corrected chi connectivity index (χ0v) is 14.6. The van der Waals surface area contributed by atoms with Crippen molar-refractivity contribution in [1.82, 2.24) is 24.8 Å². The molecule has 0 aliphatic heterocycles. The average Bonchev–Trinajstić information content (AvgIpc) is 3.09. The lowest BCUT2D eigenvalue weighted by molar-refractivity contribution is 0.0949. The molecule has 25 heavy (non-hydrogen) atoms. The lowest BCUT2D eigenvalue weighted by Crippen LogP contribution is -2.34. The predicted octanol–water partition coefficient (Wildman–Crippen LogP) is 2.49. The quantitative estimate of drug-likeness (QED) is 0.719. The van der Waals surface area contributed by atoms with E-state index in [1.807, 2.05) is 41.0 Å². The van der Waals surface area contributed by atoms with E-state index in [2.05, 4.69) is 34.0 Å². The van der Waals surface area contributed by atoms with Crippen molar-refractivity contribution in [2.75, 3.05) is 26.2 Å². The smallest absolute Gasteiger partial charge is 0.251 e. The van der Waals surface area contributed by atoms with Gasteiger partial charge in [-0.2, -0.15) is 0 Å². The minimum atomic E-state index is -0.0488. The van der Waals surface area contributed by atoms with Crippen LogP contribution in [0.15, 0.2) is 48.9 Å². The van der Waals surface area contributed by atoms with E-state index in [0.29, 0.717) is 12.1 Å². The highest BCUT2D eigenvalue weighted by Gasteiger charge is 2.08. The molecule has 130 valence electrons. The number of nitrogens with one attached hydrogen (secondary N) is 1. The summed E-state index contributed by atoms with van der Waals surface area (Å²) in [5.74, 6) is -0.0488. The topological polar surface area (TPSA) is 63.1 Å². The van der Waals surface area contributed by atoms with Crippen LogP contribution in [0.3, 0.4) is 0 Å². The molecule has 1 amide bonds. The van der Waals surface area contributed by atoms with Crippen LogP contribution in [0.25, 0.3) is 16.9 Å². The first-order valence-corrected chi connectivity index (χ1v) is 8.62. The number of pyridine rings is 1. The first-order chi connectivity index (χ1) is 12.2. The van der Waals surface area contributed by atoms with Crippen LogP contribution in [-0.4, -0.2) is 51.5 Å². The van der Waals surface area contributed by atoms with Crippen molar-refractivity contribution in [3.63, 3.8) is 0 Å². The van der Waals surface area contributed by atoms with Crippen molar-refractivity contribution in [1.29, 1.82) is 0 Å². The largest absolute Gasteiger partial charge is 0.351 e. The number of benzene rings is 1. The molecule has 6 heteroatoms. The zero-order valence-electron chi connectivity index (χ0n) is 14.6. The molecular formula is C19H23N5O. The molecular weight excluding hydrogens is 314 g/mol. The van der Waals surface area contributed by atoms with E-state index in [0.717, 1.165) is 36.5 Å². The second-order valence-electron chi connectivity index (χ2n) is 5.79. The van der Waals surface area contributed by atoms with Crippen LogP contribution in [0.4, 0.5) is 0 Å². The number of carbonyl (C=O) groups is 1. The normalized spacial score (nSPS) is 11.2. The molecule has 1 aromatic carbocycles. The van der Waals surface area contributed by atoms with Crippen LogP contribution in [0.2, 0.25) is 0 Å². The lowest BCUT2D eigenvalue weighted by Gasteiger charge is -2.18. The van der Waals surface area contributed by atoms with E-state index < -0.39 is 0 Å². The number of hydrogen-bond donors (Lipinski definition) is 1. The van der Waals surface area contributed by atoms with E-state index >= 15 is 0 Å². The monoisotopic (exact) mass is 337 g/mol. The molecule has 0 saturated heterocycles. The minimum Gasteiger partial charge on any atom is -0.351 e. The third-order valence-electron chi connectivity index (χ3n) is 4.32. The SMILES string of the molecule is CCN(CC)CCNC(=O)c1ccc(-n2cnc3cccnc32)cc1. The summed E-state index contributed by atoms with van der Waals surface area (Å²) in [6.45, 7) is 7.75. The maximum absolute atomic E-state index is 12.3. The average molecular weight is 337 g/mol. The van der Waals surface area contributed by atoms with Gasteiger partial charge in [0.2, 0.25) is 0 Å². The summed E-state index contributed by atoms with van der Waals surface area (Å²) in [6, 6.07) is 11.3. The summed E-state index contributed by atoms with van der Waals surface area (Å²) in [7, 11) is 0. The molecule has 0 atom stereocenters. The van der Waals surface area contributed by atoms with Crippen LogP contribution in [-0.2, 0) is 0 Å². The molecule has 0 fully saturated rings. The third kappa shape index (κ3) is 3.85. The second-order valence-corrected chi connectivity index (χ2v) is 5.79. The number of likely N-dealkylation sites (N-methyl/N-ethyl adjacent to an activating group) is 1. The van der Waals surface area contributed by atoms with Crippen molar-refractivity contribution in [3.05, 3.63) is 54.5 Å². The fourth-order valence-electron chi connectivity index (χ4n) is 2.78. The molecule has 0 unspecified atom stereocenters. The van der Waals surface area contributed by atoms with E-state index in [9.17, 15) is 4.79 Å². The Morgan fingerprint density at radius 3 is 2.60 bits per heavy atom. The van der Waals surface area contributed by atoms with Crippen molar-refractivity contribution in [2.45, 2.75) is 13.8 Å². The van der Waals surface area contributed by atoms with Gasteiger partial charge in [-0.05, 0) is 49.5 Å². The molecule has 3 rings (SSSR count). The highest BCUT2D eigenvalue weighted by atomic mass is 16.1. The summed E-state index contributed by atoms with van der Waals surface area (Å²) in [5, 5.41) is 2.97. The minimum absolute atomic E-state index is 0.0488. The maximum Gasteiger partial charge on any atom is 0.251 e. The Labute approximate surface area is 147 Å². The summed E-state index contributed by atoms with van der Waals surface area (Å²) >= 11 is 0. The highest BCUT2D eigenvalue weighted by molar-refractivity contribution is 5.94. The summed E-state index contributed by atoms with van der Waals surface area (Å²) < 4.78 is 1.91. The van der Waals surface area contributed by atoms with Crippen LogP contribution in [0.1, 0.15) is 24.2 Å². The van der Waals surface area contributed by atoms with Crippen molar-refractivity contribution in [3.8, 4) is 5.69 Å². The number of aromatic nitrogens is 3. The van der Waals surface area contributed by atoms with Gasteiger partial charge in [-0.3, -0.25) is 9.36 Å². The van der Waals surface area contributed by atoms with Gasteiger partial charge in [-0.1, -0.05) is 13.8 Å². The molecule has 2 heterocycles. The van der Waals surface area contributed by atoms with E-state index in [-0.39, 0.29) is 5.91 Å². The fourth-order valence-corrected chi connectivity index (χ4v) is 2.78. The molecule has 3 aromatic rings. The molecule has 2 aromatic heterocycles. The van der Waals surface area contributed by atoms with Crippen molar-refractivity contribution in [2.24, 2.45) is 0 Å². The first kappa shape index (κ1) is 17.1. The Morgan fingerprint density at radius 1 is 1.12 bits per heavy atom. The van der Waals surface area contributed by atoms with Gasteiger partial charge in [-0.15, -0.1) is 0 Å². The first-order valence-electron chi connectivity index (χ1n) is 8.62. The summed E-state index contributed by atoms with van der Waals surface area (Å²) in [4.78, 5) is 23.2. The zero-order chi connectivity index (χ0) is 17.6. The number of nitrogens with zero attached hydrogens (tertiary/aromatic N) is 4.